The second kappa shape index (κ2) is 7.64. The van der Waals surface area contributed by atoms with Crippen molar-refractivity contribution in [3.63, 3.8) is 0 Å². The Morgan fingerprint density at radius 2 is 2.23 bits per heavy atom. The molecule has 2 rings (SSSR count). The zero-order chi connectivity index (χ0) is 16.1. The van der Waals surface area contributed by atoms with Crippen molar-refractivity contribution in [2.75, 3.05) is 19.1 Å². The molecule has 0 saturated carbocycles. The van der Waals surface area contributed by atoms with Crippen LogP contribution in [0.3, 0.4) is 0 Å². The van der Waals surface area contributed by atoms with Gasteiger partial charge in [0.25, 0.3) is 5.91 Å². The van der Waals surface area contributed by atoms with E-state index in [0.717, 1.165) is 10.2 Å². The minimum Gasteiger partial charge on any atom is -0.357 e. The van der Waals surface area contributed by atoms with Gasteiger partial charge in [-0.1, -0.05) is 0 Å². The lowest BCUT2D eigenvalue weighted by Crippen LogP contribution is -2.46. The van der Waals surface area contributed by atoms with Gasteiger partial charge in [0.05, 0.1) is 6.20 Å². The molecule has 0 radical (unpaired) electrons. The molecule has 0 aromatic carbocycles. The predicted molar refractivity (Wildman–Crippen MR) is 91.2 cm³/mol. The third-order valence-electron chi connectivity index (χ3n) is 3.18. The van der Waals surface area contributed by atoms with Crippen LogP contribution in [0.1, 0.15) is 16.9 Å². The summed E-state index contributed by atoms with van der Waals surface area (Å²) in [6.07, 6.45) is 5.82. The average molecular weight is 385 g/mol. The summed E-state index contributed by atoms with van der Waals surface area (Å²) < 4.78 is 2.53. The number of carbonyl (C=O) groups is 2. The van der Waals surface area contributed by atoms with Crippen molar-refractivity contribution in [3.05, 3.63) is 34.7 Å². The van der Waals surface area contributed by atoms with E-state index in [1.807, 2.05) is 18.4 Å². The third kappa shape index (κ3) is 3.80. The number of thioether (sulfide) groups is 1. The van der Waals surface area contributed by atoms with E-state index in [1.54, 1.807) is 29.4 Å². The van der Waals surface area contributed by atoms with Gasteiger partial charge in [-0.25, -0.2) is 4.98 Å². The van der Waals surface area contributed by atoms with Gasteiger partial charge in [0, 0.05) is 17.7 Å². The standard InChI is InChI=1S/C14H17BrN4O2S/c1-16-13(20)10(5-6-22-2)18-14(21)11-7-17-12-4-3-9(15)8-19(11)12/h3-4,7-8,10H,5-6H2,1-2H3,(H,16,20)(H,18,21)/t10-/m0/s1. The number of carbonyl (C=O) groups excluding carboxylic acids is 2. The summed E-state index contributed by atoms with van der Waals surface area (Å²) in [6, 6.07) is 3.11. The van der Waals surface area contributed by atoms with Crippen molar-refractivity contribution in [3.8, 4) is 0 Å². The molecule has 2 amide bonds. The van der Waals surface area contributed by atoms with Gasteiger partial charge in [-0.2, -0.15) is 11.8 Å². The normalized spacial score (nSPS) is 12.1. The molecule has 0 spiro atoms. The van der Waals surface area contributed by atoms with Crippen LogP contribution in [-0.4, -0.2) is 46.3 Å². The Labute approximate surface area is 141 Å². The van der Waals surface area contributed by atoms with Crippen molar-refractivity contribution in [2.24, 2.45) is 0 Å². The van der Waals surface area contributed by atoms with Gasteiger partial charge in [0.2, 0.25) is 5.91 Å². The first-order chi connectivity index (χ1) is 10.6. The number of halogens is 1. The summed E-state index contributed by atoms with van der Waals surface area (Å²) in [7, 11) is 1.56. The van der Waals surface area contributed by atoms with Crippen molar-refractivity contribution in [1.82, 2.24) is 20.0 Å². The lowest BCUT2D eigenvalue weighted by atomic mass is 10.2. The molecule has 6 nitrogen and oxygen atoms in total. The first kappa shape index (κ1) is 16.8. The van der Waals surface area contributed by atoms with Crippen LogP contribution in [-0.2, 0) is 4.79 Å². The third-order valence-corrected chi connectivity index (χ3v) is 4.29. The molecule has 0 bridgehead atoms. The van der Waals surface area contributed by atoms with Crippen molar-refractivity contribution in [1.29, 1.82) is 0 Å². The molecule has 2 heterocycles. The molecule has 2 N–H and O–H groups in total. The quantitative estimate of drug-likeness (QED) is 0.794. The summed E-state index contributed by atoms with van der Waals surface area (Å²) in [4.78, 5) is 28.5. The zero-order valence-corrected chi connectivity index (χ0v) is 14.7. The predicted octanol–water partition coefficient (Wildman–Crippen LogP) is 1.69. The molecular weight excluding hydrogens is 368 g/mol. The van der Waals surface area contributed by atoms with E-state index in [9.17, 15) is 9.59 Å². The lowest BCUT2D eigenvalue weighted by molar-refractivity contribution is -0.122. The molecule has 0 aliphatic carbocycles. The summed E-state index contributed by atoms with van der Waals surface area (Å²) in [5.74, 6) is 0.273. The van der Waals surface area contributed by atoms with Crippen LogP contribution in [0, 0.1) is 0 Å². The second-order valence-corrected chi connectivity index (χ2v) is 6.54. The van der Waals surface area contributed by atoms with Crippen LogP contribution < -0.4 is 10.6 Å². The van der Waals surface area contributed by atoms with Crippen molar-refractivity contribution in [2.45, 2.75) is 12.5 Å². The Morgan fingerprint density at radius 3 is 2.91 bits per heavy atom. The summed E-state index contributed by atoms with van der Waals surface area (Å²) in [5, 5.41) is 5.35. The summed E-state index contributed by atoms with van der Waals surface area (Å²) >= 11 is 5.00. The number of hydrogen-bond acceptors (Lipinski definition) is 4. The average Bonchev–Trinajstić information content (AvgIpc) is 2.93. The highest BCUT2D eigenvalue weighted by molar-refractivity contribution is 9.10. The van der Waals surface area contributed by atoms with E-state index in [4.69, 9.17) is 0 Å². The van der Waals surface area contributed by atoms with Gasteiger partial charge in [-0.3, -0.25) is 14.0 Å². The highest BCUT2D eigenvalue weighted by atomic mass is 79.9. The molecule has 22 heavy (non-hydrogen) atoms. The fourth-order valence-electron chi connectivity index (χ4n) is 2.03. The van der Waals surface area contributed by atoms with E-state index in [1.165, 1.54) is 6.20 Å². The molecule has 0 aliphatic heterocycles. The maximum absolute atomic E-state index is 12.5. The van der Waals surface area contributed by atoms with Gasteiger partial charge < -0.3 is 10.6 Å². The highest BCUT2D eigenvalue weighted by Gasteiger charge is 2.21. The van der Waals surface area contributed by atoms with E-state index in [0.29, 0.717) is 17.8 Å². The zero-order valence-electron chi connectivity index (χ0n) is 12.3. The largest absolute Gasteiger partial charge is 0.357 e. The molecule has 2 aromatic heterocycles. The molecule has 118 valence electrons. The first-order valence-electron chi connectivity index (χ1n) is 6.71. The number of aromatic nitrogens is 2. The fourth-order valence-corrected chi connectivity index (χ4v) is 2.84. The van der Waals surface area contributed by atoms with E-state index >= 15 is 0 Å². The van der Waals surface area contributed by atoms with Crippen LogP contribution in [0.25, 0.3) is 5.65 Å². The van der Waals surface area contributed by atoms with Gasteiger partial charge in [0.1, 0.15) is 17.4 Å². The smallest absolute Gasteiger partial charge is 0.270 e. The van der Waals surface area contributed by atoms with Gasteiger partial charge >= 0.3 is 0 Å². The maximum atomic E-state index is 12.5. The molecule has 0 aliphatic rings. The number of nitrogens with zero attached hydrogens (tertiary/aromatic N) is 2. The number of likely N-dealkylation sites (N-methyl/N-ethyl adjacent to an activating group) is 1. The Hall–Kier alpha value is -1.54. The second-order valence-electron chi connectivity index (χ2n) is 4.64. The summed E-state index contributed by atoms with van der Waals surface area (Å²) in [6.45, 7) is 0. The minimum atomic E-state index is -0.553. The number of amides is 2. The fraction of sp³-hybridized carbons (Fsp3) is 0.357. The first-order valence-corrected chi connectivity index (χ1v) is 8.89. The van der Waals surface area contributed by atoms with Gasteiger partial charge in [0.15, 0.2) is 0 Å². The number of rotatable bonds is 6. The van der Waals surface area contributed by atoms with Crippen LogP contribution >= 0.6 is 27.7 Å². The van der Waals surface area contributed by atoms with E-state index in [-0.39, 0.29) is 11.8 Å². The molecule has 8 heteroatoms. The van der Waals surface area contributed by atoms with Crippen molar-refractivity contribution < 1.29 is 9.59 Å². The number of pyridine rings is 1. The van der Waals surface area contributed by atoms with Crippen LogP contribution in [0.15, 0.2) is 29.0 Å². The summed E-state index contributed by atoms with van der Waals surface area (Å²) in [5.41, 5.74) is 1.07. The monoisotopic (exact) mass is 384 g/mol. The van der Waals surface area contributed by atoms with Crippen LogP contribution in [0.5, 0.6) is 0 Å². The Bertz CT molecular complexity index is 689. The van der Waals surface area contributed by atoms with Crippen molar-refractivity contribution >= 4 is 45.2 Å². The molecule has 0 saturated heterocycles. The Kier molecular flexibility index (Phi) is 5.84. The van der Waals surface area contributed by atoms with Crippen LogP contribution in [0.2, 0.25) is 0 Å². The van der Waals surface area contributed by atoms with Gasteiger partial charge in [-0.05, 0) is 46.5 Å². The highest BCUT2D eigenvalue weighted by Crippen LogP contribution is 2.14. The lowest BCUT2D eigenvalue weighted by Gasteiger charge is -2.16. The molecule has 0 unspecified atom stereocenters. The topological polar surface area (TPSA) is 75.5 Å². The molecular formula is C14H17BrN4O2S. The number of hydrogen-bond donors (Lipinski definition) is 2. The molecule has 1 atom stereocenters. The maximum Gasteiger partial charge on any atom is 0.270 e. The Morgan fingerprint density at radius 1 is 1.45 bits per heavy atom. The molecule has 0 fully saturated rings. The van der Waals surface area contributed by atoms with E-state index < -0.39 is 6.04 Å². The number of imidazole rings is 1. The Balaban J connectivity index is 2.21. The number of fused-ring (bicyclic) bond motifs is 1. The number of nitrogens with one attached hydrogen (secondary N) is 2. The van der Waals surface area contributed by atoms with Crippen LogP contribution in [0.4, 0.5) is 0 Å². The SMILES string of the molecule is CNC(=O)[C@H](CCSC)NC(=O)c1cnc2ccc(Br)cn12. The van der Waals surface area contributed by atoms with Gasteiger partial charge in [-0.15, -0.1) is 0 Å². The molecule has 2 aromatic rings. The van der Waals surface area contributed by atoms with E-state index in [2.05, 4.69) is 31.5 Å². The minimum absolute atomic E-state index is 0.197.